The summed E-state index contributed by atoms with van der Waals surface area (Å²) in [4.78, 5) is 2.37. The summed E-state index contributed by atoms with van der Waals surface area (Å²) in [6.45, 7) is 2.04. The van der Waals surface area contributed by atoms with Crippen LogP contribution in [0, 0.1) is 5.92 Å². The van der Waals surface area contributed by atoms with Gasteiger partial charge < -0.3 is 9.73 Å². The lowest BCUT2D eigenvalue weighted by Crippen LogP contribution is -2.52. The molecule has 19 heavy (non-hydrogen) atoms. The maximum Gasteiger partial charge on any atom is 0.117 e. The van der Waals surface area contributed by atoms with Gasteiger partial charge in [0.05, 0.1) is 12.8 Å². The molecule has 0 amide bonds. The van der Waals surface area contributed by atoms with Crippen LogP contribution in [0.2, 0.25) is 0 Å². The summed E-state index contributed by atoms with van der Waals surface area (Å²) in [6.07, 6.45) is 10.2. The maximum atomic E-state index is 5.42. The first-order valence-electron chi connectivity index (χ1n) is 7.78. The molecule has 3 unspecified atom stereocenters. The molecule has 2 aliphatic rings. The molecule has 2 heterocycles. The number of hydrogen-bond acceptors (Lipinski definition) is 3. The smallest absolute Gasteiger partial charge is 0.117 e. The van der Waals surface area contributed by atoms with Crippen LogP contribution in [-0.4, -0.2) is 30.6 Å². The van der Waals surface area contributed by atoms with Crippen molar-refractivity contribution in [1.29, 1.82) is 0 Å². The van der Waals surface area contributed by atoms with E-state index in [-0.39, 0.29) is 0 Å². The number of rotatable bonds is 4. The van der Waals surface area contributed by atoms with E-state index in [1.165, 1.54) is 38.5 Å². The van der Waals surface area contributed by atoms with Crippen molar-refractivity contribution in [2.45, 2.75) is 57.2 Å². The van der Waals surface area contributed by atoms with E-state index in [4.69, 9.17) is 4.42 Å². The normalized spacial score (nSPS) is 31.4. The van der Waals surface area contributed by atoms with Gasteiger partial charge in [-0.2, -0.15) is 0 Å². The van der Waals surface area contributed by atoms with E-state index < -0.39 is 0 Å². The molecule has 0 spiro atoms. The SMILES string of the molecule is CN(Cc1ccco1)CC1CCC2CCCCC2N1. The lowest BCUT2D eigenvalue weighted by atomic mass is 9.78. The zero-order valence-electron chi connectivity index (χ0n) is 12.0. The fraction of sp³-hybridized carbons (Fsp3) is 0.750. The molecule has 1 aliphatic heterocycles. The van der Waals surface area contributed by atoms with Gasteiger partial charge in [-0.05, 0) is 50.8 Å². The van der Waals surface area contributed by atoms with E-state index in [0.29, 0.717) is 6.04 Å². The van der Waals surface area contributed by atoms with E-state index in [0.717, 1.165) is 30.8 Å². The fourth-order valence-electron chi connectivity index (χ4n) is 3.83. The summed E-state index contributed by atoms with van der Waals surface area (Å²) in [5.41, 5.74) is 0. The van der Waals surface area contributed by atoms with Crippen LogP contribution in [0.25, 0.3) is 0 Å². The molecule has 3 nitrogen and oxygen atoms in total. The molecular formula is C16H26N2O. The maximum absolute atomic E-state index is 5.42. The number of furan rings is 1. The molecule has 1 saturated heterocycles. The van der Waals surface area contributed by atoms with E-state index in [1.807, 2.05) is 6.07 Å². The molecule has 1 aromatic rings. The quantitative estimate of drug-likeness (QED) is 0.904. The molecule has 1 N–H and O–H groups in total. The molecule has 1 aromatic heterocycles. The van der Waals surface area contributed by atoms with Gasteiger partial charge in [-0.25, -0.2) is 0 Å². The number of fused-ring (bicyclic) bond motifs is 1. The summed E-state index contributed by atoms with van der Waals surface area (Å²) >= 11 is 0. The van der Waals surface area contributed by atoms with Crippen molar-refractivity contribution in [2.24, 2.45) is 5.92 Å². The van der Waals surface area contributed by atoms with Gasteiger partial charge in [0.2, 0.25) is 0 Å². The average molecular weight is 262 g/mol. The molecule has 3 rings (SSSR count). The Morgan fingerprint density at radius 1 is 1.26 bits per heavy atom. The van der Waals surface area contributed by atoms with Crippen molar-refractivity contribution >= 4 is 0 Å². The summed E-state index contributed by atoms with van der Waals surface area (Å²) < 4.78 is 5.42. The van der Waals surface area contributed by atoms with Crippen molar-refractivity contribution in [3.63, 3.8) is 0 Å². The summed E-state index contributed by atoms with van der Waals surface area (Å²) in [5, 5.41) is 3.89. The van der Waals surface area contributed by atoms with Crippen LogP contribution < -0.4 is 5.32 Å². The highest BCUT2D eigenvalue weighted by Crippen LogP contribution is 2.32. The van der Waals surface area contributed by atoms with Crippen molar-refractivity contribution in [2.75, 3.05) is 13.6 Å². The van der Waals surface area contributed by atoms with Gasteiger partial charge >= 0.3 is 0 Å². The lowest BCUT2D eigenvalue weighted by molar-refractivity contribution is 0.148. The second-order valence-corrected chi connectivity index (χ2v) is 6.37. The molecule has 2 fully saturated rings. The molecular weight excluding hydrogens is 236 g/mol. The van der Waals surface area contributed by atoms with Gasteiger partial charge in [0, 0.05) is 18.6 Å². The minimum absolute atomic E-state index is 0.666. The second-order valence-electron chi connectivity index (χ2n) is 6.37. The van der Waals surface area contributed by atoms with E-state index in [9.17, 15) is 0 Å². The minimum Gasteiger partial charge on any atom is -0.468 e. The molecule has 106 valence electrons. The number of piperidine rings is 1. The molecule has 3 heteroatoms. The summed E-state index contributed by atoms with van der Waals surface area (Å²) in [6, 6.07) is 5.49. The molecule has 0 radical (unpaired) electrons. The highest BCUT2D eigenvalue weighted by Gasteiger charge is 2.31. The van der Waals surface area contributed by atoms with Crippen molar-refractivity contribution < 1.29 is 4.42 Å². The summed E-state index contributed by atoms with van der Waals surface area (Å²) in [7, 11) is 2.19. The first-order valence-corrected chi connectivity index (χ1v) is 7.78. The Morgan fingerprint density at radius 3 is 3.00 bits per heavy atom. The zero-order valence-corrected chi connectivity index (χ0v) is 12.0. The predicted octanol–water partition coefficient (Wildman–Crippen LogP) is 3.02. The van der Waals surface area contributed by atoms with Crippen molar-refractivity contribution in [3.05, 3.63) is 24.2 Å². The standard InChI is InChI=1S/C16H26N2O/c1-18(12-15-6-4-10-19-15)11-14-9-8-13-5-2-3-7-16(13)17-14/h4,6,10,13-14,16-17H,2-3,5,7-9,11-12H2,1H3. The van der Waals surface area contributed by atoms with Gasteiger partial charge in [-0.3, -0.25) is 4.90 Å². The van der Waals surface area contributed by atoms with Crippen LogP contribution >= 0.6 is 0 Å². The Labute approximate surface area is 116 Å². The monoisotopic (exact) mass is 262 g/mol. The molecule has 0 aromatic carbocycles. The first kappa shape index (κ1) is 13.2. The minimum atomic E-state index is 0.666. The predicted molar refractivity (Wildman–Crippen MR) is 76.9 cm³/mol. The third kappa shape index (κ3) is 3.40. The Morgan fingerprint density at radius 2 is 2.16 bits per heavy atom. The number of nitrogens with one attached hydrogen (secondary N) is 1. The van der Waals surface area contributed by atoms with Gasteiger partial charge in [0.25, 0.3) is 0 Å². The number of nitrogens with zero attached hydrogens (tertiary/aromatic N) is 1. The highest BCUT2D eigenvalue weighted by atomic mass is 16.3. The Hall–Kier alpha value is -0.800. The fourth-order valence-corrected chi connectivity index (χ4v) is 3.83. The number of hydrogen-bond donors (Lipinski definition) is 1. The van der Waals surface area contributed by atoms with Crippen LogP contribution in [0.3, 0.4) is 0 Å². The molecule has 0 bridgehead atoms. The molecule has 1 saturated carbocycles. The van der Waals surface area contributed by atoms with Gasteiger partial charge in [0.1, 0.15) is 5.76 Å². The Bertz CT molecular complexity index is 376. The Kier molecular flexibility index (Phi) is 4.24. The Balaban J connectivity index is 1.47. The molecule has 3 atom stereocenters. The van der Waals surface area contributed by atoms with E-state index in [1.54, 1.807) is 6.26 Å². The second kappa shape index (κ2) is 6.10. The van der Waals surface area contributed by atoms with E-state index >= 15 is 0 Å². The van der Waals surface area contributed by atoms with Gasteiger partial charge in [-0.15, -0.1) is 0 Å². The number of likely N-dealkylation sites (N-methyl/N-ethyl adjacent to an activating group) is 1. The van der Waals surface area contributed by atoms with Crippen LogP contribution in [0.4, 0.5) is 0 Å². The van der Waals surface area contributed by atoms with Crippen LogP contribution in [0.5, 0.6) is 0 Å². The van der Waals surface area contributed by atoms with Crippen LogP contribution in [0.1, 0.15) is 44.3 Å². The average Bonchev–Trinajstić information content (AvgIpc) is 2.91. The molecule has 1 aliphatic carbocycles. The zero-order chi connectivity index (χ0) is 13.1. The third-order valence-electron chi connectivity index (χ3n) is 4.78. The summed E-state index contributed by atoms with van der Waals surface area (Å²) in [5.74, 6) is 2.02. The van der Waals surface area contributed by atoms with Gasteiger partial charge in [0.15, 0.2) is 0 Å². The largest absolute Gasteiger partial charge is 0.468 e. The third-order valence-corrected chi connectivity index (χ3v) is 4.78. The van der Waals surface area contributed by atoms with E-state index in [2.05, 4.69) is 23.3 Å². The van der Waals surface area contributed by atoms with Gasteiger partial charge in [-0.1, -0.05) is 12.8 Å². The van der Waals surface area contributed by atoms with Crippen LogP contribution in [-0.2, 0) is 6.54 Å². The van der Waals surface area contributed by atoms with Crippen molar-refractivity contribution in [3.8, 4) is 0 Å². The topological polar surface area (TPSA) is 28.4 Å². The lowest BCUT2D eigenvalue weighted by Gasteiger charge is -2.41. The van der Waals surface area contributed by atoms with Crippen LogP contribution in [0.15, 0.2) is 22.8 Å². The van der Waals surface area contributed by atoms with Crippen molar-refractivity contribution in [1.82, 2.24) is 10.2 Å². The first-order chi connectivity index (χ1) is 9.31. The highest BCUT2D eigenvalue weighted by molar-refractivity contribution is 4.98.